The number of rotatable bonds is 4. The summed E-state index contributed by atoms with van der Waals surface area (Å²) in [5.74, 6) is 0. The lowest BCUT2D eigenvalue weighted by Crippen LogP contribution is -2.26. The van der Waals surface area contributed by atoms with Gasteiger partial charge in [-0.05, 0) is 176 Å². The molecular formula is C60H49N. The largest absolute Gasteiger partial charge is 0.310 e. The molecule has 0 aliphatic heterocycles. The minimum atomic E-state index is -0.439. The summed E-state index contributed by atoms with van der Waals surface area (Å²) in [7, 11) is 0. The Bertz CT molecular complexity index is 3090. The van der Waals surface area contributed by atoms with Gasteiger partial charge in [0.15, 0.2) is 0 Å². The van der Waals surface area contributed by atoms with E-state index in [-0.39, 0.29) is 5.41 Å². The summed E-state index contributed by atoms with van der Waals surface area (Å²) in [6.45, 7) is 4.84. The molecule has 0 N–H and O–H groups in total. The quantitative estimate of drug-likeness (QED) is 0.172. The van der Waals surface area contributed by atoms with Crippen molar-refractivity contribution in [1.29, 1.82) is 0 Å². The lowest BCUT2D eigenvalue weighted by atomic mass is 9.70. The first-order valence-electron chi connectivity index (χ1n) is 22.8. The zero-order chi connectivity index (χ0) is 40.5. The van der Waals surface area contributed by atoms with Crippen LogP contribution in [-0.2, 0) is 36.5 Å². The normalized spacial score (nSPS) is 16.4. The second-order valence-corrected chi connectivity index (χ2v) is 18.8. The second kappa shape index (κ2) is 13.0. The van der Waals surface area contributed by atoms with Crippen LogP contribution in [-0.4, -0.2) is 0 Å². The molecule has 0 unspecified atom stereocenters. The van der Waals surface area contributed by atoms with Gasteiger partial charge in [-0.15, -0.1) is 0 Å². The summed E-state index contributed by atoms with van der Waals surface area (Å²) >= 11 is 0. The third kappa shape index (κ3) is 4.78. The zero-order valence-electron chi connectivity index (χ0n) is 35.2. The molecule has 8 aromatic rings. The van der Waals surface area contributed by atoms with Crippen molar-refractivity contribution < 1.29 is 0 Å². The second-order valence-electron chi connectivity index (χ2n) is 18.8. The third-order valence-electron chi connectivity index (χ3n) is 15.5. The van der Waals surface area contributed by atoms with Crippen molar-refractivity contribution in [1.82, 2.24) is 0 Å². The molecule has 0 aromatic heterocycles. The standard InChI is InChI=1S/C60H49N/c1-59(2)51-28-11-7-23-44(51)48-34-33-40(35-55(48)59)61(57-32-16-20-39-18-4-6-22-42(39)57)58-37-56-49(36-50(58)43-27-15-19-38-17-3-5-21-41(38)43)47-26-10-14-31-54(47)60(56)52-29-12-8-24-45(52)46-25-9-13-30-53(46)60/h7-16,19-20,23-37H,3-6,17-18,21-22H2,1-2H3. The number of anilines is 3. The Morgan fingerprint density at radius 1 is 0.344 bits per heavy atom. The first-order valence-corrected chi connectivity index (χ1v) is 22.8. The number of benzene rings is 8. The molecule has 1 spiro atoms. The van der Waals surface area contributed by atoms with Crippen LogP contribution in [0.5, 0.6) is 0 Å². The molecule has 5 aliphatic carbocycles. The summed E-state index contributed by atoms with van der Waals surface area (Å²) in [6.07, 6.45) is 9.48. The summed E-state index contributed by atoms with van der Waals surface area (Å²) in [5.41, 5.74) is 28.6. The van der Waals surface area contributed by atoms with Gasteiger partial charge in [0.1, 0.15) is 0 Å². The van der Waals surface area contributed by atoms with E-state index in [1.165, 1.54) is 143 Å². The fourth-order valence-electron chi connectivity index (χ4n) is 12.8. The molecule has 0 atom stereocenters. The molecule has 1 heteroatoms. The fraction of sp³-hybridized carbons (Fsp3) is 0.200. The molecule has 1 nitrogen and oxygen atoms in total. The highest BCUT2D eigenvalue weighted by molar-refractivity contribution is 6.01. The zero-order valence-corrected chi connectivity index (χ0v) is 35.2. The van der Waals surface area contributed by atoms with Gasteiger partial charge in [0.2, 0.25) is 0 Å². The Balaban J connectivity index is 1.17. The molecule has 0 saturated heterocycles. The maximum atomic E-state index is 2.71. The molecule has 61 heavy (non-hydrogen) atoms. The Morgan fingerprint density at radius 3 is 1.52 bits per heavy atom. The molecule has 0 bridgehead atoms. The molecule has 8 aromatic carbocycles. The molecule has 0 radical (unpaired) electrons. The van der Waals surface area contributed by atoms with E-state index >= 15 is 0 Å². The van der Waals surface area contributed by atoms with E-state index in [4.69, 9.17) is 0 Å². The lowest BCUT2D eigenvalue weighted by molar-refractivity contribution is 0.660. The third-order valence-corrected chi connectivity index (χ3v) is 15.5. The predicted molar refractivity (Wildman–Crippen MR) is 254 cm³/mol. The molecule has 0 amide bonds. The van der Waals surface area contributed by atoms with Gasteiger partial charge in [-0.3, -0.25) is 0 Å². The topological polar surface area (TPSA) is 3.24 Å². The van der Waals surface area contributed by atoms with Crippen molar-refractivity contribution >= 4 is 17.1 Å². The van der Waals surface area contributed by atoms with E-state index in [9.17, 15) is 0 Å². The van der Waals surface area contributed by atoms with Gasteiger partial charge in [-0.1, -0.05) is 147 Å². The number of hydrogen-bond acceptors (Lipinski definition) is 1. The Hall–Kier alpha value is -6.44. The SMILES string of the molecule is CC1(C)c2ccccc2-c2ccc(N(c3cc4c(cc3-c3cccc5c3CCCC5)-c3ccccc3C43c4ccccc4-c4ccccc43)c3cccc4c3CCCC4)cc21. The van der Waals surface area contributed by atoms with E-state index in [1.807, 2.05) is 0 Å². The van der Waals surface area contributed by atoms with Gasteiger partial charge in [0, 0.05) is 22.4 Å². The maximum absolute atomic E-state index is 2.71. The summed E-state index contributed by atoms with van der Waals surface area (Å²) in [5, 5.41) is 0. The van der Waals surface area contributed by atoms with Gasteiger partial charge in [-0.25, -0.2) is 0 Å². The molecular weight excluding hydrogens is 735 g/mol. The van der Waals surface area contributed by atoms with Crippen molar-refractivity contribution in [3.05, 3.63) is 219 Å². The van der Waals surface area contributed by atoms with Crippen LogP contribution in [0.3, 0.4) is 0 Å². The molecule has 5 aliphatic rings. The average molecular weight is 784 g/mol. The van der Waals surface area contributed by atoms with Crippen molar-refractivity contribution in [2.75, 3.05) is 4.90 Å². The van der Waals surface area contributed by atoms with Crippen LogP contribution in [0.2, 0.25) is 0 Å². The molecule has 0 saturated carbocycles. The first kappa shape index (κ1) is 35.3. The van der Waals surface area contributed by atoms with Gasteiger partial charge in [-0.2, -0.15) is 0 Å². The van der Waals surface area contributed by atoms with Crippen LogP contribution in [0.1, 0.15) is 95.2 Å². The van der Waals surface area contributed by atoms with Crippen LogP contribution in [0.4, 0.5) is 17.1 Å². The Kier molecular flexibility index (Phi) is 7.55. The van der Waals surface area contributed by atoms with Crippen LogP contribution < -0.4 is 4.90 Å². The number of nitrogens with zero attached hydrogens (tertiary/aromatic N) is 1. The van der Waals surface area contributed by atoms with Gasteiger partial charge in [0.05, 0.1) is 11.1 Å². The van der Waals surface area contributed by atoms with E-state index in [2.05, 4.69) is 183 Å². The van der Waals surface area contributed by atoms with Gasteiger partial charge < -0.3 is 4.90 Å². The fourth-order valence-corrected chi connectivity index (χ4v) is 12.8. The van der Waals surface area contributed by atoms with Crippen molar-refractivity contribution in [2.24, 2.45) is 0 Å². The highest BCUT2D eigenvalue weighted by Gasteiger charge is 2.52. The smallest absolute Gasteiger partial charge is 0.0726 e. The van der Waals surface area contributed by atoms with Crippen molar-refractivity contribution in [3.8, 4) is 44.5 Å². The average Bonchev–Trinajstić information content (AvgIpc) is 3.87. The van der Waals surface area contributed by atoms with Crippen LogP contribution in [0.15, 0.2) is 164 Å². The monoisotopic (exact) mass is 783 g/mol. The molecule has 294 valence electrons. The van der Waals surface area contributed by atoms with Gasteiger partial charge in [0.25, 0.3) is 0 Å². The minimum absolute atomic E-state index is 0.119. The first-order chi connectivity index (χ1) is 30.0. The molecule has 13 rings (SSSR count). The number of hydrogen-bond donors (Lipinski definition) is 0. The van der Waals surface area contributed by atoms with Crippen molar-refractivity contribution in [3.63, 3.8) is 0 Å². The minimum Gasteiger partial charge on any atom is -0.310 e. The maximum Gasteiger partial charge on any atom is 0.0726 e. The van der Waals surface area contributed by atoms with Crippen LogP contribution >= 0.6 is 0 Å². The molecule has 0 fully saturated rings. The van der Waals surface area contributed by atoms with E-state index in [0.29, 0.717) is 0 Å². The number of aryl methyl sites for hydroxylation is 2. The van der Waals surface area contributed by atoms with E-state index < -0.39 is 5.41 Å². The Labute approximate surface area is 360 Å². The number of fused-ring (bicyclic) bond motifs is 15. The highest BCUT2D eigenvalue weighted by atomic mass is 15.1. The molecule has 0 heterocycles. The van der Waals surface area contributed by atoms with E-state index in [1.54, 1.807) is 0 Å². The lowest BCUT2D eigenvalue weighted by Gasteiger charge is -2.35. The van der Waals surface area contributed by atoms with Crippen LogP contribution in [0.25, 0.3) is 44.5 Å². The van der Waals surface area contributed by atoms with Gasteiger partial charge >= 0.3 is 0 Å². The van der Waals surface area contributed by atoms with Crippen molar-refractivity contribution in [2.45, 2.75) is 76.0 Å². The Morgan fingerprint density at radius 2 is 0.852 bits per heavy atom. The van der Waals surface area contributed by atoms with E-state index in [0.717, 1.165) is 25.7 Å². The van der Waals surface area contributed by atoms with Crippen LogP contribution in [0, 0.1) is 0 Å². The highest BCUT2D eigenvalue weighted by Crippen LogP contribution is 2.64. The summed E-state index contributed by atoms with van der Waals surface area (Å²) in [6, 6.07) is 63.9. The summed E-state index contributed by atoms with van der Waals surface area (Å²) < 4.78 is 0. The summed E-state index contributed by atoms with van der Waals surface area (Å²) in [4.78, 5) is 2.71. The predicted octanol–water partition coefficient (Wildman–Crippen LogP) is 15.2.